The highest BCUT2D eigenvalue weighted by Gasteiger charge is 2.36. The van der Waals surface area contributed by atoms with Gasteiger partial charge in [0.05, 0.1) is 12.1 Å². The molecule has 7 heteroatoms. The molecule has 1 N–H and O–H groups in total. The van der Waals surface area contributed by atoms with E-state index in [4.69, 9.17) is 9.47 Å². The maximum Gasteiger partial charge on any atom is 0.305 e. The van der Waals surface area contributed by atoms with Gasteiger partial charge in [-0.3, -0.25) is 9.59 Å². The number of aromatic nitrogens is 1. The zero-order valence-electron chi connectivity index (χ0n) is 13.7. The highest BCUT2D eigenvalue weighted by molar-refractivity contribution is 7.07. The SMILES string of the molecule is CC1(C)CN(C(=O)c2csc(=O)[nH]2)CC(COc2ccccc2)O1. The molecule has 2 heterocycles. The molecule has 1 saturated heterocycles. The lowest BCUT2D eigenvalue weighted by atomic mass is 10.0. The number of hydrogen-bond donors (Lipinski definition) is 1. The van der Waals surface area contributed by atoms with Crippen LogP contribution in [0.25, 0.3) is 0 Å². The number of rotatable bonds is 4. The summed E-state index contributed by atoms with van der Waals surface area (Å²) in [5, 5.41) is 1.56. The third-order valence-electron chi connectivity index (χ3n) is 3.70. The van der Waals surface area contributed by atoms with Crippen molar-refractivity contribution in [3.63, 3.8) is 0 Å². The molecule has 3 rings (SSSR count). The van der Waals surface area contributed by atoms with E-state index < -0.39 is 5.60 Å². The van der Waals surface area contributed by atoms with Crippen LogP contribution in [0.5, 0.6) is 5.75 Å². The number of carbonyl (C=O) groups excluding carboxylic acids is 1. The molecular weight excluding hydrogens is 328 g/mol. The second-order valence-electron chi connectivity index (χ2n) is 6.37. The Bertz CT molecular complexity index is 753. The van der Waals surface area contributed by atoms with Gasteiger partial charge in [-0.15, -0.1) is 0 Å². The normalized spacial score (nSPS) is 19.9. The summed E-state index contributed by atoms with van der Waals surface area (Å²) in [6, 6.07) is 9.50. The average molecular weight is 348 g/mol. The van der Waals surface area contributed by atoms with Crippen molar-refractivity contribution in [3.05, 3.63) is 51.1 Å². The molecule has 1 aliphatic rings. The van der Waals surface area contributed by atoms with Gasteiger partial charge < -0.3 is 19.4 Å². The fourth-order valence-electron chi connectivity index (χ4n) is 2.80. The number of nitrogens with zero attached hydrogens (tertiary/aromatic N) is 1. The lowest BCUT2D eigenvalue weighted by Gasteiger charge is -2.42. The van der Waals surface area contributed by atoms with Crippen LogP contribution in [0.4, 0.5) is 0 Å². The summed E-state index contributed by atoms with van der Waals surface area (Å²) in [5.41, 5.74) is -0.153. The van der Waals surface area contributed by atoms with E-state index in [-0.39, 0.29) is 16.9 Å². The van der Waals surface area contributed by atoms with E-state index in [9.17, 15) is 9.59 Å². The number of thiazole rings is 1. The summed E-state index contributed by atoms with van der Waals surface area (Å²) in [6.45, 7) is 5.13. The zero-order chi connectivity index (χ0) is 17.2. The fourth-order valence-corrected chi connectivity index (χ4v) is 3.35. The maximum atomic E-state index is 12.6. The van der Waals surface area contributed by atoms with Gasteiger partial charge in [-0.2, -0.15) is 0 Å². The van der Waals surface area contributed by atoms with Crippen molar-refractivity contribution < 1.29 is 14.3 Å². The molecule has 0 radical (unpaired) electrons. The van der Waals surface area contributed by atoms with Gasteiger partial charge in [0.25, 0.3) is 5.91 Å². The predicted molar refractivity (Wildman–Crippen MR) is 91.7 cm³/mol. The van der Waals surface area contributed by atoms with Crippen molar-refractivity contribution >= 4 is 17.2 Å². The van der Waals surface area contributed by atoms with Gasteiger partial charge in [0, 0.05) is 11.9 Å². The minimum atomic E-state index is -0.477. The van der Waals surface area contributed by atoms with Gasteiger partial charge in [-0.25, -0.2) is 0 Å². The molecule has 1 aromatic heterocycles. The van der Waals surface area contributed by atoms with Crippen molar-refractivity contribution in [2.75, 3.05) is 19.7 Å². The summed E-state index contributed by atoms with van der Waals surface area (Å²) < 4.78 is 11.8. The van der Waals surface area contributed by atoms with Crippen molar-refractivity contribution in [3.8, 4) is 5.75 Å². The molecule has 1 amide bonds. The Labute approximate surface area is 144 Å². The van der Waals surface area contributed by atoms with Gasteiger partial charge in [0.1, 0.15) is 24.2 Å². The van der Waals surface area contributed by atoms with Crippen LogP contribution in [0.1, 0.15) is 24.3 Å². The smallest absolute Gasteiger partial charge is 0.305 e. The number of benzene rings is 1. The number of morpholine rings is 1. The summed E-state index contributed by atoms with van der Waals surface area (Å²) in [5.74, 6) is 0.582. The molecule has 128 valence electrons. The van der Waals surface area contributed by atoms with Gasteiger partial charge >= 0.3 is 4.87 Å². The van der Waals surface area contributed by atoms with Gasteiger partial charge in [-0.05, 0) is 26.0 Å². The van der Waals surface area contributed by atoms with Gasteiger partial charge in [0.15, 0.2) is 0 Å². The first kappa shape index (κ1) is 16.7. The van der Waals surface area contributed by atoms with Crippen molar-refractivity contribution in [1.29, 1.82) is 0 Å². The van der Waals surface area contributed by atoms with Crippen LogP contribution < -0.4 is 9.61 Å². The van der Waals surface area contributed by atoms with Crippen molar-refractivity contribution in [2.24, 2.45) is 0 Å². The number of nitrogens with one attached hydrogen (secondary N) is 1. The number of aromatic amines is 1. The van der Waals surface area contributed by atoms with Crippen LogP contribution in [0.3, 0.4) is 0 Å². The Morgan fingerprint density at radius 3 is 2.83 bits per heavy atom. The first-order valence-electron chi connectivity index (χ1n) is 7.76. The first-order chi connectivity index (χ1) is 11.4. The van der Waals surface area contributed by atoms with Crippen LogP contribution in [-0.4, -0.2) is 47.2 Å². The molecule has 2 aromatic rings. The largest absolute Gasteiger partial charge is 0.491 e. The summed E-state index contributed by atoms with van der Waals surface area (Å²) in [6.07, 6.45) is -0.233. The maximum absolute atomic E-state index is 12.6. The molecule has 0 aliphatic carbocycles. The van der Waals surface area contributed by atoms with Gasteiger partial charge in [0.2, 0.25) is 0 Å². The van der Waals surface area contributed by atoms with E-state index in [1.807, 2.05) is 44.2 Å². The molecule has 0 bridgehead atoms. The number of amides is 1. The second kappa shape index (κ2) is 6.78. The molecule has 1 atom stereocenters. The predicted octanol–water partition coefficient (Wildman–Crippen LogP) is 2.13. The lowest BCUT2D eigenvalue weighted by Crippen LogP contribution is -2.56. The zero-order valence-corrected chi connectivity index (χ0v) is 14.5. The number of hydrogen-bond acceptors (Lipinski definition) is 5. The molecule has 0 saturated carbocycles. The highest BCUT2D eigenvalue weighted by atomic mass is 32.1. The topological polar surface area (TPSA) is 71.6 Å². The summed E-state index contributed by atoms with van der Waals surface area (Å²) >= 11 is 0.990. The second-order valence-corrected chi connectivity index (χ2v) is 7.21. The van der Waals surface area contributed by atoms with Crippen molar-refractivity contribution in [2.45, 2.75) is 25.6 Å². The van der Waals surface area contributed by atoms with Crippen LogP contribution in [0.15, 0.2) is 40.5 Å². The molecule has 1 aliphatic heterocycles. The van der Waals surface area contributed by atoms with E-state index in [2.05, 4.69) is 4.98 Å². The molecule has 24 heavy (non-hydrogen) atoms. The number of H-pyrrole nitrogens is 1. The van der Waals surface area contributed by atoms with E-state index in [1.165, 1.54) is 0 Å². The van der Waals surface area contributed by atoms with E-state index in [1.54, 1.807) is 10.3 Å². The molecule has 6 nitrogen and oxygen atoms in total. The number of para-hydroxylation sites is 1. The number of carbonyl (C=O) groups is 1. The Hall–Kier alpha value is -2.12. The molecule has 0 spiro atoms. The molecule has 1 fully saturated rings. The number of ether oxygens (including phenoxy) is 2. The van der Waals surface area contributed by atoms with E-state index in [0.717, 1.165) is 17.1 Å². The quantitative estimate of drug-likeness (QED) is 0.919. The third-order valence-corrected chi connectivity index (χ3v) is 4.37. The Morgan fingerprint density at radius 2 is 2.17 bits per heavy atom. The van der Waals surface area contributed by atoms with Crippen LogP contribution >= 0.6 is 11.3 Å². The minimum absolute atomic E-state index is 0.186. The van der Waals surface area contributed by atoms with E-state index in [0.29, 0.717) is 25.4 Å². The van der Waals surface area contributed by atoms with Crippen LogP contribution in [0, 0.1) is 0 Å². The fraction of sp³-hybridized carbons (Fsp3) is 0.412. The van der Waals surface area contributed by atoms with Gasteiger partial charge in [-0.1, -0.05) is 29.5 Å². The molecule has 1 aromatic carbocycles. The summed E-state index contributed by atoms with van der Waals surface area (Å²) in [4.78, 5) is 27.9. The van der Waals surface area contributed by atoms with E-state index >= 15 is 0 Å². The summed E-state index contributed by atoms with van der Waals surface area (Å²) in [7, 11) is 0. The van der Waals surface area contributed by atoms with Crippen LogP contribution in [-0.2, 0) is 4.74 Å². The minimum Gasteiger partial charge on any atom is -0.491 e. The molecular formula is C17H20N2O4S. The highest BCUT2D eigenvalue weighted by Crippen LogP contribution is 2.23. The Balaban J connectivity index is 1.68. The van der Waals surface area contributed by atoms with Crippen LogP contribution in [0.2, 0.25) is 0 Å². The first-order valence-corrected chi connectivity index (χ1v) is 8.64. The molecule has 1 unspecified atom stereocenters. The Morgan fingerprint density at radius 1 is 1.42 bits per heavy atom. The standard InChI is InChI=1S/C17H20N2O4S/c1-17(2)11-19(15(20)14-10-24-16(21)18-14)8-13(23-17)9-22-12-6-4-3-5-7-12/h3-7,10,13H,8-9,11H2,1-2H3,(H,18,21). The third kappa shape index (κ3) is 4.04. The van der Waals surface area contributed by atoms with Crippen molar-refractivity contribution in [1.82, 2.24) is 9.88 Å². The Kier molecular flexibility index (Phi) is 4.73. The monoisotopic (exact) mass is 348 g/mol. The lowest BCUT2D eigenvalue weighted by molar-refractivity contribution is -0.136. The average Bonchev–Trinajstić information content (AvgIpc) is 2.98.